The molecule has 0 aromatic heterocycles. The van der Waals surface area contributed by atoms with Crippen molar-refractivity contribution in [2.75, 3.05) is 6.61 Å². The van der Waals surface area contributed by atoms with Crippen molar-refractivity contribution in [2.24, 2.45) is 17.8 Å². The van der Waals surface area contributed by atoms with Crippen molar-refractivity contribution in [1.82, 2.24) is 5.32 Å². The number of rotatable bonds is 4. The number of carbonyl (C=O) groups excluding carboxylic acids is 1. The van der Waals surface area contributed by atoms with Gasteiger partial charge in [0.05, 0.1) is 0 Å². The third-order valence-electron chi connectivity index (χ3n) is 4.26. The first-order valence-electron chi connectivity index (χ1n) is 6.65. The molecule has 0 heterocycles. The second-order valence-corrected chi connectivity index (χ2v) is 5.42. The zero-order valence-corrected chi connectivity index (χ0v) is 10.1. The molecule has 2 aliphatic carbocycles. The molecule has 2 aliphatic rings. The van der Waals surface area contributed by atoms with Crippen molar-refractivity contribution in [3.8, 4) is 0 Å². The number of aliphatic hydroxyl groups is 1. The van der Waals surface area contributed by atoms with Crippen LogP contribution >= 0.6 is 0 Å². The van der Waals surface area contributed by atoms with Crippen molar-refractivity contribution in [3.63, 3.8) is 0 Å². The van der Waals surface area contributed by atoms with Gasteiger partial charge in [0.1, 0.15) is 0 Å². The summed E-state index contributed by atoms with van der Waals surface area (Å²) in [5.41, 5.74) is 0. The van der Waals surface area contributed by atoms with Gasteiger partial charge in [-0.25, -0.2) is 0 Å². The van der Waals surface area contributed by atoms with Crippen molar-refractivity contribution < 1.29 is 9.90 Å². The van der Waals surface area contributed by atoms with E-state index in [1.807, 2.05) is 0 Å². The van der Waals surface area contributed by atoms with Gasteiger partial charge >= 0.3 is 0 Å². The lowest BCUT2D eigenvalue weighted by Gasteiger charge is -2.28. The minimum Gasteiger partial charge on any atom is -0.396 e. The lowest BCUT2D eigenvalue weighted by molar-refractivity contribution is -0.123. The summed E-state index contributed by atoms with van der Waals surface area (Å²) in [6, 6.07) is 0.398. The van der Waals surface area contributed by atoms with Gasteiger partial charge in [-0.1, -0.05) is 13.3 Å². The number of hydrogen-bond donors (Lipinski definition) is 2. The molecule has 0 aromatic carbocycles. The minimum absolute atomic E-state index is 0.105. The maximum absolute atomic E-state index is 11.8. The van der Waals surface area contributed by atoms with Crippen LogP contribution in [0.3, 0.4) is 0 Å². The van der Waals surface area contributed by atoms with Crippen LogP contribution in [0.25, 0.3) is 0 Å². The van der Waals surface area contributed by atoms with Gasteiger partial charge in [-0.05, 0) is 43.9 Å². The van der Waals surface area contributed by atoms with E-state index in [-0.39, 0.29) is 24.3 Å². The molecule has 1 amide bonds. The van der Waals surface area contributed by atoms with Crippen LogP contribution in [0.2, 0.25) is 0 Å². The number of hydrogen-bond acceptors (Lipinski definition) is 2. The molecule has 1 unspecified atom stereocenters. The van der Waals surface area contributed by atoms with E-state index >= 15 is 0 Å². The highest BCUT2D eigenvalue weighted by molar-refractivity contribution is 5.81. The second-order valence-electron chi connectivity index (χ2n) is 5.42. The van der Waals surface area contributed by atoms with Crippen LogP contribution in [0.1, 0.15) is 45.4 Å². The van der Waals surface area contributed by atoms with Crippen molar-refractivity contribution in [1.29, 1.82) is 0 Å². The number of carbonyl (C=O) groups is 1. The van der Waals surface area contributed by atoms with Crippen LogP contribution in [-0.4, -0.2) is 23.7 Å². The summed E-state index contributed by atoms with van der Waals surface area (Å²) in [6.07, 6.45) is 6.95. The first-order valence-corrected chi connectivity index (χ1v) is 6.65. The van der Waals surface area contributed by atoms with Gasteiger partial charge in [0, 0.05) is 18.6 Å². The Morgan fingerprint density at radius 3 is 2.50 bits per heavy atom. The average molecular weight is 225 g/mol. The van der Waals surface area contributed by atoms with Crippen molar-refractivity contribution in [2.45, 2.75) is 51.5 Å². The van der Waals surface area contributed by atoms with E-state index in [0.29, 0.717) is 6.04 Å². The monoisotopic (exact) mass is 225 g/mol. The van der Waals surface area contributed by atoms with E-state index in [1.165, 1.54) is 19.3 Å². The highest BCUT2D eigenvalue weighted by Crippen LogP contribution is 2.38. The molecule has 2 saturated carbocycles. The fourth-order valence-corrected chi connectivity index (χ4v) is 2.79. The quantitative estimate of drug-likeness (QED) is 0.765. The summed E-state index contributed by atoms with van der Waals surface area (Å²) in [5.74, 6) is 1.40. The molecule has 2 fully saturated rings. The van der Waals surface area contributed by atoms with Crippen molar-refractivity contribution in [3.05, 3.63) is 0 Å². The summed E-state index contributed by atoms with van der Waals surface area (Å²) in [6.45, 7) is 2.42. The van der Waals surface area contributed by atoms with Gasteiger partial charge in [-0.3, -0.25) is 4.79 Å². The van der Waals surface area contributed by atoms with E-state index < -0.39 is 0 Å². The topological polar surface area (TPSA) is 49.3 Å². The molecule has 0 radical (unpaired) electrons. The van der Waals surface area contributed by atoms with Gasteiger partial charge in [0.2, 0.25) is 5.91 Å². The standard InChI is InChI=1S/C13H23NO2/c1-2-9-3-5-11(6-4-9)14-13(16)12-7-10(12)8-15/h9-12,15H,2-8H2,1H3,(H,14,16)/t9?,10?,11?,12-/m0/s1. The summed E-state index contributed by atoms with van der Waals surface area (Å²) in [5, 5.41) is 12.1. The molecular formula is C13H23NO2. The van der Waals surface area contributed by atoms with Gasteiger partial charge in [0.15, 0.2) is 0 Å². The Hall–Kier alpha value is -0.570. The van der Waals surface area contributed by atoms with Crippen molar-refractivity contribution >= 4 is 5.91 Å². The highest BCUT2D eigenvalue weighted by Gasteiger charge is 2.42. The van der Waals surface area contributed by atoms with Crippen LogP contribution in [-0.2, 0) is 4.79 Å². The first kappa shape index (κ1) is 11.9. The maximum atomic E-state index is 11.8. The van der Waals surface area contributed by atoms with E-state index in [2.05, 4.69) is 12.2 Å². The van der Waals surface area contributed by atoms with Crippen LogP contribution in [0, 0.1) is 17.8 Å². The third-order valence-corrected chi connectivity index (χ3v) is 4.26. The van der Waals surface area contributed by atoms with E-state index in [9.17, 15) is 4.79 Å². The maximum Gasteiger partial charge on any atom is 0.223 e. The number of aliphatic hydroxyl groups excluding tert-OH is 1. The second kappa shape index (κ2) is 5.17. The Labute approximate surface area is 97.6 Å². The molecule has 92 valence electrons. The molecule has 2 rings (SSSR count). The normalized spacial score (nSPS) is 38.1. The fraction of sp³-hybridized carbons (Fsp3) is 0.923. The predicted octanol–water partition coefficient (Wildman–Crippen LogP) is 1.70. The summed E-state index contributed by atoms with van der Waals surface area (Å²) >= 11 is 0. The molecule has 0 bridgehead atoms. The minimum atomic E-state index is 0.105. The van der Waals surface area contributed by atoms with E-state index in [4.69, 9.17) is 5.11 Å². The van der Waals surface area contributed by atoms with Gasteiger partial charge in [0.25, 0.3) is 0 Å². The predicted molar refractivity (Wildman–Crippen MR) is 62.9 cm³/mol. The molecule has 0 saturated heterocycles. The third kappa shape index (κ3) is 2.76. The lowest BCUT2D eigenvalue weighted by Crippen LogP contribution is -2.38. The van der Waals surface area contributed by atoms with E-state index in [1.54, 1.807) is 0 Å². The number of amides is 1. The molecule has 3 heteroatoms. The summed E-state index contributed by atoms with van der Waals surface area (Å²) < 4.78 is 0. The zero-order valence-electron chi connectivity index (χ0n) is 10.1. The molecule has 3 nitrogen and oxygen atoms in total. The molecule has 0 aromatic rings. The smallest absolute Gasteiger partial charge is 0.223 e. The Morgan fingerprint density at radius 1 is 1.31 bits per heavy atom. The number of nitrogens with one attached hydrogen (secondary N) is 1. The van der Waals surface area contributed by atoms with Crippen LogP contribution < -0.4 is 5.32 Å². The summed E-state index contributed by atoms with van der Waals surface area (Å²) in [7, 11) is 0. The van der Waals surface area contributed by atoms with Gasteiger partial charge in [-0.2, -0.15) is 0 Å². The van der Waals surface area contributed by atoms with Crippen LogP contribution in [0.5, 0.6) is 0 Å². The Kier molecular flexibility index (Phi) is 3.85. The first-order chi connectivity index (χ1) is 7.74. The Balaban J connectivity index is 1.69. The molecular weight excluding hydrogens is 202 g/mol. The largest absolute Gasteiger partial charge is 0.396 e. The SMILES string of the molecule is CCC1CCC(NC(=O)[C@H]2CC2CO)CC1. The van der Waals surface area contributed by atoms with Crippen LogP contribution in [0.4, 0.5) is 0 Å². The lowest BCUT2D eigenvalue weighted by atomic mass is 9.84. The van der Waals surface area contributed by atoms with Crippen LogP contribution in [0.15, 0.2) is 0 Å². The summed E-state index contributed by atoms with van der Waals surface area (Å²) in [4.78, 5) is 11.8. The molecule has 0 aliphatic heterocycles. The Morgan fingerprint density at radius 2 is 2.00 bits per heavy atom. The molecule has 16 heavy (non-hydrogen) atoms. The average Bonchev–Trinajstić information content (AvgIpc) is 3.09. The van der Waals surface area contributed by atoms with Gasteiger partial charge < -0.3 is 10.4 Å². The van der Waals surface area contributed by atoms with E-state index in [0.717, 1.165) is 25.2 Å². The van der Waals surface area contributed by atoms with Gasteiger partial charge in [-0.15, -0.1) is 0 Å². The Bertz CT molecular complexity index is 246. The zero-order chi connectivity index (χ0) is 11.5. The molecule has 0 spiro atoms. The molecule has 2 N–H and O–H groups in total. The highest BCUT2D eigenvalue weighted by atomic mass is 16.3. The molecule has 2 atom stereocenters. The fourth-order valence-electron chi connectivity index (χ4n) is 2.79.